The normalized spacial score (nSPS) is 13.9. The number of primary amides is 1. The lowest BCUT2D eigenvalue weighted by Gasteiger charge is -2.21. The number of hydrogen-bond donors (Lipinski definition) is 1. The minimum Gasteiger partial charge on any atom is -0.351 e. The molecule has 0 radical (unpaired) electrons. The SMILES string of the molecule is NC(=O)N1C=Cc2cc(F)ccc2C1. The van der Waals surface area contributed by atoms with Crippen molar-refractivity contribution in [3.05, 3.63) is 41.3 Å². The number of fused-ring (bicyclic) bond motifs is 1. The Labute approximate surface area is 80.6 Å². The van der Waals surface area contributed by atoms with Crippen LogP contribution in [0.15, 0.2) is 24.4 Å². The summed E-state index contributed by atoms with van der Waals surface area (Å²) in [5, 5.41) is 0. The fourth-order valence-corrected chi connectivity index (χ4v) is 1.42. The van der Waals surface area contributed by atoms with E-state index < -0.39 is 6.03 Å². The van der Waals surface area contributed by atoms with Crippen molar-refractivity contribution in [2.75, 3.05) is 0 Å². The van der Waals surface area contributed by atoms with Crippen LogP contribution in [0.2, 0.25) is 0 Å². The minimum atomic E-state index is -0.503. The van der Waals surface area contributed by atoms with Crippen molar-refractivity contribution in [3.8, 4) is 0 Å². The highest BCUT2D eigenvalue weighted by molar-refractivity contribution is 5.75. The molecule has 3 nitrogen and oxygen atoms in total. The molecule has 0 saturated heterocycles. The van der Waals surface area contributed by atoms with Crippen LogP contribution >= 0.6 is 0 Å². The molecule has 2 N–H and O–H groups in total. The second-order valence-electron chi connectivity index (χ2n) is 3.13. The number of halogens is 1. The van der Waals surface area contributed by atoms with E-state index >= 15 is 0 Å². The van der Waals surface area contributed by atoms with Gasteiger partial charge in [0, 0.05) is 6.20 Å². The van der Waals surface area contributed by atoms with Crippen LogP contribution in [-0.2, 0) is 6.54 Å². The molecule has 1 aliphatic heterocycles. The van der Waals surface area contributed by atoms with Crippen LogP contribution in [0.25, 0.3) is 6.08 Å². The largest absolute Gasteiger partial charge is 0.351 e. The zero-order chi connectivity index (χ0) is 10.1. The van der Waals surface area contributed by atoms with E-state index in [0.29, 0.717) is 6.54 Å². The molecule has 1 aromatic rings. The zero-order valence-electron chi connectivity index (χ0n) is 7.40. The molecule has 0 unspecified atom stereocenters. The molecule has 0 bridgehead atoms. The van der Waals surface area contributed by atoms with Gasteiger partial charge in [0.2, 0.25) is 0 Å². The van der Waals surface area contributed by atoms with Gasteiger partial charge >= 0.3 is 6.03 Å². The van der Waals surface area contributed by atoms with Crippen molar-refractivity contribution >= 4 is 12.1 Å². The quantitative estimate of drug-likeness (QED) is 0.668. The summed E-state index contributed by atoms with van der Waals surface area (Å²) >= 11 is 0. The highest BCUT2D eigenvalue weighted by atomic mass is 19.1. The standard InChI is InChI=1S/C10H9FN2O/c11-9-2-1-8-6-13(10(12)14)4-3-7(8)5-9/h1-5H,6H2,(H2,12,14). The number of amides is 2. The van der Waals surface area contributed by atoms with Gasteiger partial charge in [0.15, 0.2) is 0 Å². The molecule has 2 rings (SSSR count). The van der Waals surface area contributed by atoms with Crippen molar-refractivity contribution in [2.24, 2.45) is 5.73 Å². The lowest BCUT2D eigenvalue weighted by atomic mass is 10.0. The number of carbonyl (C=O) groups excluding carboxylic acids is 1. The Hall–Kier alpha value is -1.84. The third kappa shape index (κ3) is 1.46. The van der Waals surface area contributed by atoms with Gasteiger partial charge in [-0.1, -0.05) is 6.07 Å². The lowest BCUT2D eigenvalue weighted by molar-refractivity contribution is 0.223. The third-order valence-corrected chi connectivity index (χ3v) is 2.17. The molecule has 14 heavy (non-hydrogen) atoms. The summed E-state index contributed by atoms with van der Waals surface area (Å²) in [6.07, 6.45) is 3.23. The summed E-state index contributed by atoms with van der Waals surface area (Å²) in [7, 11) is 0. The summed E-state index contributed by atoms with van der Waals surface area (Å²) in [5.41, 5.74) is 6.81. The van der Waals surface area contributed by atoms with Crippen LogP contribution in [0.1, 0.15) is 11.1 Å². The van der Waals surface area contributed by atoms with Gasteiger partial charge in [-0.3, -0.25) is 4.90 Å². The maximum Gasteiger partial charge on any atom is 0.319 e. The maximum absolute atomic E-state index is 12.8. The van der Waals surface area contributed by atoms with Crippen LogP contribution in [-0.4, -0.2) is 10.9 Å². The zero-order valence-corrected chi connectivity index (χ0v) is 7.40. The van der Waals surface area contributed by atoms with Crippen LogP contribution in [0.3, 0.4) is 0 Å². The highest BCUT2D eigenvalue weighted by Crippen LogP contribution is 2.20. The molecule has 0 atom stereocenters. The number of nitrogens with two attached hydrogens (primary N) is 1. The fraction of sp³-hybridized carbons (Fsp3) is 0.100. The maximum atomic E-state index is 12.8. The first-order valence-corrected chi connectivity index (χ1v) is 4.19. The van der Waals surface area contributed by atoms with Gasteiger partial charge < -0.3 is 5.73 Å². The van der Waals surface area contributed by atoms with E-state index in [1.54, 1.807) is 18.3 Å². The van der Waals surface area contributed by atoms with Crippen LogP contribution in [0, 0.1) is 5.82 Å². The van der Waals surface area contributed by atoms with E-state index in [2.05, 4.69) is 0 Å². The molecule has 0 aromatic heterocycles. The number of hydrogen-bond acceptors (Lipinski definition) is 1. The van der Waals surface area contributed by atoms with E-state index in [1.807, 2.05) is 0 Å². The average molecular weight is 192 g/mol. The van der Waals surface area contributed by atoms with Gasteiger partial charge in [-0.15, -0.1) is 0 Å². The molecule has 2 amide bonds. The van der Waals surface area contributed by atoms with Crippen molar-refractivity contribution in [1.29, 1.82) is 0 Å². The first-order valence-electron chi connectivity index (χ1n) is 4.19. The Morgan fingerprint density at radius 2 is 2.29 bits per heavy atom. The van der Waals surface area contributed by atoms with Crippen LogP contribution < -0.4 is 5.73 Å². The predicted molar refractivity (Wildman–Crippen MR) is 50.6 cm³/mol. The number of benzene rings is 1. The molecule has 1 aliphatic rings. The smallest absolute Gasteiger partial charge is 0.319 e. The first-order chi connectivity index (χ1) is 6.66. The number of nitrogens with zero attached hydrogens (tertiary/aromatic N) is 1. The van der Waals surface area contributed by atoms with Crippen molar-refractivity contribution in [3.63, 3.8) is 0 Å². The van der Waals surface area contributed by atoms with E-state index in [1.165, 1.54) is 17.0 Å². The Morgan fingerprint density at radius 1 is 1.50 bits per heavy atom. The van der Waals surface area contributed by atoms with Gasteiger partial charge in [0.05, 0.1) is 6.54 Å². The van der Waals surface area contributed by atoms with Gasteiger partial charge in [-0.25, -0.2) is 9.18 Å². The molecule has 1 heterocycles. The highest BCUT2D eigenvalue weighted by Gasteiger charge is 2.13. The summed E-state index contributed by atoms with van der Waals surface area (Å²) in [6.45, 7) is 0.404. The van der Waals surface area contributed by atoms with Crippen molar-refractivity contribution in [2.45, 2.75) is 6.54 Å². The van der Waals surface area contributed by atoms with Gasteiger partial charge in [-0.2, -0.15) is 0 Å². The lowest BCUT2D eigenvalue weighted by Crippen LogP contribution is -2.32. The minimum absolute atomic E-state index is 0.277. The Balaban J connectivity index is 2.36. The van der Waals surface area contributed by atoms with E-state index in [-0.39, 0.29) is 5.82 Å². The molecule has 0 fully saturated rings. The Kier molecular flexibility index (Phi) is 1.96. The number of carbonyl (C=O) groups is 1. The molecule has 1 aromatic carbocycles. The molecule has 72 valence electrons. The van der Waals surface area contributed by atoms with E-state index in [0.717, 1.165) is 11.1 Å². The van der Waals surface area contributed by atoms with E-state index in [9.17, 15) is 9.18 Å². The van der Waals surface area contributed by atoms with Gasteiger partial charge in [-0.05, 0) is 29.3 Å². The molecule has 0 spiro atoms. The van der Waals surface area contributed by atoms with E-state index in [4.69, 9.17) is 5.73 Å². The van der Waals surface area contributed by atoms with Crippen molar-refractivity contribution < 1.29 is 9.18 Å². The van der Waals surface area contributed by atoms with Crippen LogP contribution in [0.5, 0.6) is 0 Å². The first kappa shape index (κ1) is 8.74. The summed E-state index contributed by atoms with van der Waals surface area (Å²) in [6, 6.07) is 3.96. The predicted octanol–water partition coefficient (Wildman–Crippen LogP) is 1.69. The summed E-state index contributed by atoms with van der Waals surface area (Å²) in [4.78, 5) is 12.2. The van der Waals surface area contributed by atoms with Crippen LogP contribution in [0.4, 0.5) is 9.18 Å². The second-order valence-corrected chi connectivity index (χ2v) is 3.13. The molecular weight excluding hydrogens is 183 g/mol. The monoisotopic (exact) mass is 192 g/mol. The third-order valence-electron chi connectivity index (χ3n) is 2.17. The molecular formula is C10H9FN2O. The number of rotatable bonds is 0. The fourth-order valence-electron chi connectivity index (χ4n) is 1.42. The summed E-state index contributed by atoms with van der Waals surface area (Å²) in [5.74, 6) is -0.277. The summed E-state index contributed by atoms with van der Waals surface area (Å²) < 4.78 is 12.8. The second kappa shape index (κ2) is 3.14. The van der Waals surface area contributed by atoms with Crippen molar-refractivity contribution in [1.82, 2.24) is 4.90 Å². The molecule has 4 heteroatoms. The number of urea groups is 1. The Bertz CT molecular complexity index is 415. The molecule has 0 saturated carbocycles. The van der Waals surface area contributed by atoms with Gasteiger partial charge in [0.25, 0.3) is 0 Å². The average Bonchev–Trinajstić information content (AvgIpc) is 2.16. The van der Waals surface area contributed by atoms with Gasteiger partial charge in [0.1, 0.15) is 5.82 Å². The molecule has 0 aliphatic carbocycles. The topological polar surface area (TPSA) is 46.3 Å². The Morgan fingerprint density at radius 3 is 3.00 bits per heavy atom.